The molecule has 0 aromatic heterocycles. The van der Waals surface area contributed by atoms with Gasteiger partial charge in [0, 0.05) is 8.55 Å². The lowest BCUT2D eigenvalue weighted by atomic mass is 11.9. The van der Waals surface area contributed by atoms with Gasteiger partial charge in [0.2, 0.25) is 0 Å². The third-order valence-corrected chi connectivity index (χ3v) is 23.5. The lowest BCUT2D eigenvalue weighted by Crippen LogP contribution is -2.08. The standard InChI is InChI=1S/CH9ClSi3/c1-5(2)4-3/h5H,4H2,1,3H3. The fourth-order valence-electron chi connectivity index (χ4n) is 0. The van der Waals surface area contributed by atoms with Gasteiger partial charge >= 0.3 is 0 Å². The molecular formula is CH9ClSi3. The van der Waals surface area contributed by atoms with Crippen LogP contribution in [0.15, 0.2) is 0 Å². The molecule has 0 spiro atoms. The van der Waals surface area contributed by atoms with E-state index in [-0.39, 0.29) is 0 Å². The van der Waals surface area contributed by atoms with Gasteiger partial charge in [0.1, 0.15) is 7.62 Å². The second-order valence-corrected chi connectivity index (χ2v) is 20.8. The van der Waals surface area contributed by atoms with Crippen molar-refractivity contribution in [3.8, 4) is 0 Å². The number of rotatable bonds is 1. The molecule has 0 saturated heterocycles. The first-order valence-corrected chi connectivity index (χ1v) is 13.7. The fourth-order valence-corrected chi connectivity index (χ4v) is 0. The van der Waals surface area contributed by atoms with Crippen LogP contribution < -0.4 is 0 Å². The maximum absolute atomic E-state index is 5.70. The molecule has 0 heterocycles. The van der Waals surface area contributed by atoms with Crippen LogP contribution in [0.25, 0.3) is 0 Å². The molecule has 32 valence electrons. The molecule has 0 bridgehead atoms. The summed E-state index contributed by atoms with van der Waals surface area (Å²) in [6, 6.07) is 0. The Balaban J connectivity index is 2.54. The molecular weight excluding hydrogens is 132 g/mol. The summed E-state index contributed by atoms with van der Waals surface area (Å²) in [6.45, 7) is 2.22. The van der Waals surface area contributed by atoms with Crippen LogP contribution in [-0.2, 0) is 0 Å². The second kappa shape index (κ2) is 3.14. The molecule has 0 saturated carbocycles. The molecule has 0 fully saturated rings. The average Bonchev–Trinajstić information content (AvgIpc) is 1.38. The van der Waals surface area contributed by atoms with Crippen LogP contribution in [0.1, 0.15) is 0 Å². The van der Waals surface area contributed by atoms with Crippen LogP contribution in [-0.4, -0.2) is 25.9 Å². The van der Waals surface area contributed by atoms with E-state index in [1.165, 1.54) is 9.76 Å². The van der Waals surface area contributed by atoms with Gasteiger partial charge in [0.15, 0.2) is 0 Å². The SMILES string of the molecule is C[SiH](Cl)[SiH2][SiH3]. The Labute approximate surface area is 44.0 Å². The molecule has 0 aromatic carbocycles. The minimum atomic E-state index is -0.477. The molecule has 0 nitrogen and oxygen atoms in total. The fraction of sp³-hybridized carbons (Fsp3) is 1.00. The summed E-state index contributed by atoms with van der Waals surface area (Å²) in [5, 5.41) is 0. The third kappa shape index (κ3) is 4.94. The molecule has 0 aliphatic carbocycles. The second-order valence-electron chi connectivity index (χ2n) is 1.19. The van der Waals surface area contributed by atoms with Gasteiger partial charge in [0.25, 0.3) is 0 Å². The lowest BCUT2D eigenvalue weighted by molar-refractivity contribution is 2.34. The number of hydrogen-bond acceptors (Lipinski definition) is 0. The van der Waals surface area contributed by atoms with Crippen molar-refractivity contribution in [3.05, 3.63) is 0 Å². The molecule has 0 aliphatic rings. The van der Waals surface area contributed by atoms with Crippen LogP contribution in [0, 0.1) is 0 Å². The van der Waals surface area contributed by atoms with Crippen molar-refractivity contribution in [1.82, 2.24) is 0 Å². The summed E-state index contributed by atoms with van der Waals surface area (Å²) < 4.78 is 0. The predicted octanol–water partition coefficient (Wildman–Crippen LogP) is -1.48. The van der Waals surface area contributed by atoms with Gasteiger partial charge in [-0.15, -0.1) is 0 Å². The molecule has 0 N–H and O–H groups in total. The molecule has 1 unspecified atom stereocenters. The first-order chi connectivity index (χ1) is 2.27. The van der Waals surface area contributed by atoms with Gasteiger partial charge in [0.05, 0.1) is 0 Å². The largest absolute Gasteiger partial charge is 0.176 e. The van der Waals surface area contributed by atoms with E-state index in [4.69, 9.17) is 11.1 Å². The van der Waals surface area contributed by atoms with Crippen molar-refractivity contribution in [2.45, 2.75) is 6.55 Å². The molecule has 0 rings (SSSR count). The zero-order chi connectivity index (χ0) is 4.28. The van der Waals surface area contributed by atoms with Gasteiger partial charge < -0.3 is 0 Å². The molecule has 0 amide bonds. The van der Waals surface area contributed by atoms with E-state index in [1.54, 1.807) is 0 Å². The highest BCUT2D eigenvalue weighted by Gasteiger charge is 1.88. The maximum Gasteiger partial charge on any atom is 0.118 e. The highest BCUT2D eigenvalue weighted by atomic mass is 35.6. The molecule has 0 aromatic rings. The van der Waals surface area contributed by atoms with Crippen LogP contribution in [0.2, 0.25) is 6.55 Å². The summed E-state index contributed by atoms with van der Waals surface area (Å²) in [4.78, 5) is 0. The molecule has 1 atom stereocenters. The van der Waals surface area contributed by atoms with Crippen molar-refractivity contribution in [2.75, 3.05) is 0 Å². The quantitative estimate of drug-likeness (QED) is 0.308. The van der Waals surface area contributed by atoms with Gasteiger partial charge in [-0.1, -0.05) is 6.55 Å². The first-order valence-electron chi connectivity index (χ1n) is 1.91. The Kier molecular flexibility index (Phi) is 3.73. The summed E-state index contributed by atoms with van der Waals surface area (Å²) >= 11 is 5.70. The Morgan fingerprint density at radius 3 is 2.20 bits per heavy atom. The minimum Gasteiger partial charge on any atom is -0.176 e. The zero-order valence-electron chi connectivity index (χ0n) is 3.66. The van der Waals surface area contributed by atoms with Gasteiger partial charge in [-0.3, -0.25) is 0 Å². The smallest absolute Gasteiger partial charge is 0.118 e. The molecule has 5 heavy (non-hydrogen) atoms. The van der Waals surface area contributed by atoms with Gasteiger partial charge in [-0.2, -0.15) is 11.1 Å². The molecule has 0 radical (unpaired) electrons. The van der Waals surface area contributed by atoms with Crippen molar-refractivity contribution >= 4 is 37.0 Å². The van der Waals surface area contributed by atoms with E-state index >= 15 is 0 Å². The van der Waals surface area contributed by atoms with Crippen LogP contribution in [0.4, 0.5) is 0 Å². The van der Waals surface area contributed by atoms with Crippen molar-refractivity contribution in [1.29, 1.82) is 0 Å². The highest BCUT2D eigenvalue weighted by molar-refractivity contribution is 7.47. The number of hydrogen-bond donors (Lipinski definition) is 0. The van der Waals surface area contributed by atoms with Crippen molar-refractivity contribution in [2.24, 2.45) is 0 Å². The maximum atomic E-state index is 5.70. The first kappa shape index (κ1) is 5.94. The third-order valence-electron chi connectivity index (χ3n) is 0.563. The van der Waals surface area contributed by atoms with Crippen molar-refractivity contribution in [3.63, 3.8) is 0 Å². The number of halogens is 1. The summed E-state index contributed by atoms with van der Waals surface area (Å²) in [6.07, 6.45) is 0. The normalized spacial score (nSPS) is 18.0. The Bertz CT molecular complexity index is 20.9. The summed E-state index contributed by atoms with van der Waals surface area (Å²) in [5.74, 6) is 0. The average molecular weight is 141 g/mol. The zero-order valence-corrected chi connectivity index (χ0v) is 8.99. The van der Waals surface area contributed by atoms with Gasteiger partial charge in [-0.25, -0.2) is 0 Å². The highest BCUT2D eigenvalue weighted by Crippen LogP contribution is 1.78. The van der Waals surface area contributed by atoms with Crippen molar-refractivity contribution < 1.29 is 0 Å². The van der Waals surface area contributed by atoms with Crippen LogP contribution >= 0.6 is 11.1 Å². The van der Waals surface area contributed by atoms with E-state index in [0.29, 0.717) is 8.55 Å². The monoisotopic (exact) mass is 140 g/mol. The molecule has 4 heteroatoms. The Morgan fingerprint density at radius 2 is 2.20 bits per heavy atom. The lowest BCUT2D eigenvalue weighted by Gasteiger charge is -1.83. The summed E-state index contributed by atoms with van der Waals surface area (Å²) in [5.41, 5.74) is 0. The Hall–Kier alpha value is 0.941. The van der Waals surface area contributed by atoms with Gasteiger partial charge in [-0.05, 0) is 9.76 Å². The van der Waals surface area contributed by atoms with Crippen LogP contribution in [0.5, 0.6) is 0 Å². The van der Waals surface area contributed by atoms with E-state index in [1.807, 2.05) is 0 Å². The van der Waals surface area contributed by atoms with E-state index in [0.717, 1.165) is 0 Å². The topological polar surface area (TPSA) is 0 Å². The van der Waals surface area contributed by atoms with E-state index < -0.39 is 7.62 Å². The molecule has 0 aliphatic heterocycles. The minimum absolute atomic E-state index is 0.392. The van der Waals surface area contributed by atoms with E-state index in [2.05, 4.69) is 6.55 Å². The summed E-state index contributed by atoms with van der Waals surface area (Å²) in [7, 11) is 1.36. The van der Waals surface area contributed by atoms with E-state index in [9.17, 15) is 0 Å². The van der Waals surface area contributed by atoms with Crippen LogP contribution in [0.3, 0.4) is 0 Å². The Morgan fingerprint density at radius 1 is 2.00 bits per heavy atom. The predicted molar refractivity (Wildman–Crippen MR) is 37.3 cm³/mol.